The van der Waals surface area contributed by atoms with E-state index in [0.29, 0.717) is 18.8 Å². The van der Waals surface area contributed by atoms with Crippen molar-refractivity contribution in [1.29, 1.82) is 0 Å². The summed E-state index contributed by atoms with van der Waals surface area (Å²) in [5.74, 6) is 4.74. The molecule has 0 spiro atoms. The van der Waals surface area contributed by atoms with Gasteiger partial charge in [0.05, 0.1) is 19.4 Å². The predicted molar refractivity (Wildman–Crippen MR) is 58.0 cm³/mol. The minimum absolute atomic E-state index is 0.304. The van der Waals surface area contributed by atoms with Crippen LogP contribution < -0.4 is 5.84 Å². The first-order chi connectivity index (χ1) is 7.27. The van der Waals surface area contributed by atoms with Crippen molar-refractivity contribution < 1.29 is 9.13 Å². The normalized spacial score (nSPS) is 10.7. The quantitative estimate of drug-likeness (QED) is 0.264. The highest BCUT2D eigenvalue weighted by Gasteiger charge is 2.02. The standard InChI is InChI=1S/C11H13FN2O/c1-2-5-15-8-10-6-11(12)4-3-9(10)7-14-13/h2-4,6-7H,1,5,8,13H2. The molecule has 1 aromatic carbocycles. The summed E-state index contributed by atoms with van der Waals surface area (Å²) in [5.41, 5.74) is 1.47. The number of hydrogen-bond donors (Lipinski definition) is 1. The number of hydrogen-bond acceptors (Lipinski definition) is 3. The molecule has 3 nitrogen and oxygen atoms in total. The Labute approximate surface area is 88.1 Å². The van der Waals surface area contributed by atoms with Crippen LogP contribution in [0.15, 0.2) is 36.0 Å². The summed E-state index contributed by atoms with van der Waals surface area (Å²) in [6.07, 6.45) is 3.10. The number of nitrogens with two attached hydrogens (primary N) is 1. The van der Waals surface area contributed by atoms with Gasteiger partial charge >= 0.3 is 0 Å². The molecule has 1 rings (SSSR count). The van der Waals surface area contributed by atoms with E-state index in [0.717, 1.165) is 5.56 Å². The van der Waals surface area contributed by atoms with Crippen LogP contribution in [0.25, 0.3) is 0 Å². The van der Waals surface area contributed by atoms with E-state index in [1.807, 2.05) is 0 Å². The maximum atomic E-state index is 12.9. The fraction of sp³-hybridized carbons (Fsp3) is 0.182. The summed E-state index contributed by atoms with van der Waals surface area (Å²) in [6.45, 7) is 4.26. The average molecular weight is 208 g/mol. The van der Waals surface area contributed by atoms with E-state index >= 15 is 0 Å². The molecule has 0 bridgehead atoms. The Hall–Kier alpha value is -1.68. The Kier molecular flexibility index (Phi) is 4.50. The van der Waals surface area contributed by atoms with Gasteiger partial charge in [-0.3, -0.25) is 0 Å². The van der Waals surface area contributed by atoms with Gasteiger partial charge in [-0.25, -0.2) is 4.39 Å². The van der Waals surface area contributed by atoms with E-state index in [4.69, 9.17) is 10.6 Å². The summed E-state index contributed by atoms with van der Waals surface area (Å²) in [4.78, 5) is 0. The number of halogens is 1. The van der Waals surface area contributed by atoms with Crippen molar-refractivity contribution in [3.63, 3.8) is 0 Å². The lowest BCUT2D eigenvalue weighted by molar-refractivity contribution is 0.148. The highest BCUT2D eigenvalue weighted by Crippen LogP contribution is 2.10. The van der Waals surface area contributed by atoms with Crippen molar-refractivity contribution in [2.24, 2.45) is 10.9 Å². The molecule has 0 radical (unpaired) electrons. The SMILES string of the molecule is C=CCOCc1cc(F)ccc1C=NN. The zero-order chi connectivity index (χ0) is 11.1. The third kappa shape index (κ3) is 3.52. The van der Waals surface area contributed by atoms with Gasteiger partial charge in [0.1, 0.15) is 5.82 Å². The zero-order valence-corrected chi connectivity index (χ0v) is 8.32. The zero-order valence-electron chi connectivity index (χ0n) is 8.32. The van der Waals surface area contributed by atoms with Gasteiger partial charge in [-0.2, -0.15) is 5.10 Å². The second-order valence-corrected chi connectivity index (χ2v) is 2.93. The molecular weight excluding hydrogens is 195 g/mol. The van der Waals surface area contributed by atoms with Gasteiger partial charge in [0, 0.05) is 5.56 Å². The molecule has 0 heterocycles. The molecule has 0 saturated heterocycles. The molecular formula is C11H13FN2O. The van der Waals surface area contributed by atoms with E-state index in [-0.39, 0.29) is 5.82 Å². The van der Waals surface area contributed by atoms with Crippen molar-refractivity contribution in [2.75, 3.05) is 6.61 Å². The van der Waals surface area contributed by atoms with E-state index in [1.54, 1.807) is 12.1 Å². The summed E-state index contributed by atoms with van der Waals surface area (Å²) in [6, 6.07) is 4.37. The lowest BCUT2D eigenvalue weighted by atomic mass is 10.1. The molecule has 0 aliphatic heterocycles. The Balaban J connectivity index is 2.81. The molecule has 0 amide bonds. The molecule has 15 heavy (non-hydrogen) atoms. The fourth-order valence-corrected chi connectivity index (χ4v) is 1.16. The summed E-state index contributed by atoms with van der Waals surface area (Å²) in [7, 11) is 0. The number of nitrogens with zero attached hydrogens (tertiary/aromatic N) is 1. The maximum Gasteiger partial charge on any atom is 0.123 e. The first kappa shape index (κ1) is 11.4. The third-order valence-electron chi connectivity index (χ3n) is 1.81. The molecule has 0 atom stereocenters. The van der Waals surface area contributed by atoms with Crippen LogP contribution in [0.5, 0.6) is 0 Å². The van der Waals surface area contributed by atoms with Gasteiger partial charge in [0.25, 0.3) is 0 Å². The Bertz CT molecular complexity index is 364. The highest BCUT2D eigenvalue weighted by atomic mass is 19.1. The lowest BCUT2D eigenvalue weighted by Gasteiger charge is -2.05. The molecule has 0 unspecified atom stereocenters. The van der Waals surface area contributed by atoms with Crippen molar-refractivity contribution in [2.45, 2.75) is 6.61 Å². The Morgan fingerprint density at radius 3 is 3.00 bits per heavy atom. The highest BCUT2D eigenvalue weighted by molar-refractivity contribution is 5.81. The summed E-state index contributed by atoms with van der Waals surface area (Å²) < 4.78 is 18.2. The topological polar surface area (TPSA) is 47.6 Å². The first-order valence-electron chi connectivity index (χ1n) is 4.48. The van der Waals surface area contributed by atoms with Gasteiger partial charge in [-0.15, -0.1) is 6.58 Å². The fourth-order valence-electron chi connectivity index (χ4n) is 1.16. The van der Waals surface area contributed by atoms with Crippen LogP contribution >= 0.6 is 0 Å². The molecule has 1 aromatic rings. The van der Waals surface area contributed by atoms with Crippen LogP contribution in [0.2, 0.25) is 0 Å². The number of benzene rings is 1. The van der Waals surface area contributed by atoms with Gasteiger partial charge in [0.15, 0.2) is 0 Å². The van der Waals surface area contributed by atoms with Crippen LogP contribution in [0.4, 0.5) is 4.39 Å². The minimum atomic E-state index is -0.304. The Morgan fingerprint density at radius 1 is 1.53 bits per heavy atom. The average Bonchev–Trinajstić information content (AvgIpc) is 2.22. The molecule has 0 aromatic heterocycles. The molecule has 0 aliphatic rings. The second-order valence-electron chi connectivity index (χ2n) is 2.93. The van der Waals surface area contributed by atoms with Crippen LogP contribution in [-0.4, -0.2) is 12.8 Å². The monoisotopic (exact) mass is 208 g/mol. The van der Waals surface area contributed by atoms with Crippen LogP contribution in [-0.2, 0) is 11.3 Å². The number of hydrazone groups is 1. The molecule has 2 N–H and O–H groups in total. The summed E-state index contributed by atoms with van der Waals surface area (Å²) in [5, 5.41) is 3.40. The number of rotatable bonds is 5. The van der Waals surface area contributed by atoms with Crippen molar-refractivity contribution in [3.05, 3.63) is 47.8 Å². The molecule has 4 heteroatoms. The second kappa shape index (κ2) is 5.93. The molecule has 80 valence electrons. The van der Waals surface area contributed by atoms with Crippen molar-refractivity contribution in [1.82, 2.24) is 0 Å². The molecule has 0 fully saturated rings. The van der Waals surface area contributed by atoms with Crippen molar-refractivity contribution in [3.8, 4) is 0 Å². The number of ether oxygens (including phenoxy) is 1. The van der Waals surface area contributed by atoms with E-state index in [1.165, 1.54) is 18.3 Å². The maximum absolute atomic E-state index is 12.9. The predicted octanol–water partition coefficient (Wildman–Crippen LogP) is 1.82. The van der Waals surface area contributed by atoms with Gasteiger partial charge in [-0.05, 0) is 17.7 Å². The largest absolute Gasteiger partial charge is 0.373 e. The first-order valence-corrected chi connectivity index (χ1v) is 4.48. The summed E-state index contributed by atoms with van der Waals surface area (Å²) >= 11 is 0. The van der Waals surface area contributed by atoms with Crippen molar-refractivity contribution >= 4 is 6.21 Å². The van der Waals surface area contributed by atoms with E-state index in [2.05, 4.69) is 11.7 Å². The van der Waals surface area contributed by atoms with Gasteiger partial charge in [-0.1, -0.05) is 12.1 Å². The van der Waals surface area contributed by atoms with Gasteiger partial charge in [0.2, 0.25) is 0 Å². The lowest BCUT2D eigenvalue weighted by Crippen LogP contribution is -1.99. The Morgan fingerprint density at radius 2 is 2.33 bits per heavy atom. The van der Waals surface area contributed by atoms with Gasteiger partial charge < -0.3 is 10.6 Å². The van der Waals surface area contributed by atoms with Crippen LogP contribution in [0.3, 0.4) is 0 Å². The van der Waals surface area contributed by atoms with Crippen LogP contribution in [0.1, 0.15) is 11.1 Å². The molecule has 0 saturated carbocycles. The smallest absolute Gasteiger partial charge is 0.123 e. The van der Waals surface area contributed by atoms with E-state index < -0.39 is 0 Å². The molecule has 0 aliphatic carbocycles. The third-order valence-corrected chi connectivity index (χ3v) is 1.81. The van der Waals surface area contributed by atoms with E-state index in [9.17, 15) is 4.39 Å². The minimum Gasteiger partial charge on any atom is -0.373 e. The van der Waals surface area contributed by atoms with Crippen LogP contribution in [0, 0.1) is 5.82 Å².